The van der Waals surface area contributed by atoms with Crippen molar-refractivity contribution in [3.8, 4) is 11.4 Å². The molecule has 0 bridgehead atoms. The molecule has 1 N–H and O–H groups in total. The average molecular weight is 437 g/mol. The number of amides is 1. The van der Waals surface area contributed by atoms with Crippen LogP contribution in [0.15, 0.2) is 33.7 Å². The van der Waals surface area contributed by atoms with Crippen molar-refractivity contribution >= 4 is 15.9 Å². The molecule has 1 saturated heterocycles. The number of likely N-dealkylation sites (tertiary alicyclic amines) is 1. The van der Waals surface area contributed by atoms with Gasteiger partial charge in [-0.05, 0) is 57.9 Å². The zero-order valence-corrected chi connectivity index (χ0v) is 18.5. The molecule has 0 radical (unpaired) electrons. The highest BCUT2D eigenvalue weighted by Crippen LogP contribution is 2.19. The second-order valence-corrected chi connectivity index (χ2v) is 10.4. The molecule has 1 aromatic heterocycles. The van der Waals surface area contributed by atoms with Crippen LogP contribution in [-0.4, -0.2) is 60.5 Å². The first-order chi connectivity index (χ1) is 14.0. The van der Waals surface area contributed by atoms with Gasteiger partial charge in [-0.1, -0.05) is 5.16 Å². The number of aromatic nitrogens is 2. The van der Waals surface area contributed by atoms with Crippen LogP contribution < -0.4 is 5.32 Å². The number of ether oxygens (including phenoxy) is 1. The number of nitrogens with zero attached hydrogens (tertiary/aromatic N) is 3. The lowest BCUT2D eigenvalue weighted by Gasteiger charge is -2.33. The zero-order valence-electron chi connectivity index (χ0n) is 17.7. The predicted molar refractivity (Wildman–Crippen MR) is 111 cm³/mol. The standard InChI is InChI=1S/C20H28N4O5S/c1-20(2,3)28-19(25)24-11-9-15(10-12-24)21-13-17-22-18(23-29-17)14-5-7-16(8-6-14)30(4,26)27/h5-8,15,21H,9-13H2,1-4H3. The molecular weight excluding hydrogens is 408 g/mol. The summed E-state index contributed by atoms with van der Waals surface area (Å²) >= 11 is 0. The minimum absolute atomic E-state index is 0.244. The van der Waals surface area contributed by atoms with Crippen LogP contribution in [0, 0.1) is 0 Å². The summed E-state index contributed by atoms with van der Waals surface area (Å²) in [5.74, 6) is 0.860. The molecule has 3 rings (SSSR count). The van der Waals surface area contributed by atoms with E-state index in [1.165, 1.54) is 12.1 Å². The summed E-state index contributed by atoms with van der Waals surface area (Å²) in [7, 11) is -3.24. The summed E-state index contributed by atoms with van der Waals surface area (Å²) in [5, 5.41) is 7.35. The molecule has 164 valence electrons. The molecule has 1 aromatic carbocycles. The minimum atomic E-state index is -3.24. The molecular formula is C20H28N4O5S. The highest BCUT2D eigenvalue weighted by molar-refractivity contribution is 7.90. The topological polar surface area (TPSA) is 115 Å². The number of piperidine rings is 1. The Labute approximate surface area is 176 Å². The van der Waals surface area contributed by atoms with Gasteiger partial charge in [0.1, 0.15) is 5.60 Å². The van der Waals surface area contributed by atoms with Gasteiger partial charge in [-0.25, -0.2) is 13.2 Å². The molecule has 1 amide bonds. The smallest absolute Gasteiger partial charge is 0.410 e. The molecule has 0 spiro atoms. The number of carbonyl (C=O) groups is 1. The van der Waals surface area contributed by atoms with Gasteiger partial charge in [-0.15, -0.1) is 0 Å². The molecule has 9 nitrogen and oxygen atoms in total. The molecule has 0 aliphatic carbocycles. The Kier molecular flexibility index (Phi) is 6.47. The summed E-state index contributed by atoms with van der Waals surface area (Å²) in [5.41, 5.74) is 0.190. The van der Waals surface area contributed by atoms with Crippen molar-refractivity contribution in [3.63, 3.8) is 0 Å². The summed E-state index contributed by atoms with van der Waals surface area (Å²) < 4.78 is 33.8. The molecule has 0 saturated carbocycles. The lowest BCUT2D eigenvalue weighted by molar-refractivity contribution is 0.0197. The summed E-state index contributed by atoms with van der Waals surface area (Å²) in [4.78, 5) is 18.5. The van der Waals surface area contributed by atoms with Crippen LogP contribution in [0.2, 0.25) is 0 Å². The van der Waals surface area contributed by atoms with Gasteiger partial charge >= 0.3 is 6.09 Å². The average Bonchev–Trinajstić information content (AvgIpc) is 3.14. The van der Waals surface area contributed by atoms with Crippen LogP contribution in [0.5, 0.6) is 0 Å². The third-order valence-corrected chi connectivity index (χ3v) is 5.83. The van der Waals surface area contributed by atoms with E-state index in [9.17, 15) is 13.2 Å². The molecule has 1 fully saturated rings. The normalized spacial score (nSPS) is 15.9. The summed E-state index contributed by atoms with van der Waals surface area (Å²) in [6.45, 7) is 7.27. The first kappa shape index (κ1) is 22.2. The van der Waals surface area contributed by atoms with Gasteiger partial charge < -0.3 is 19.5 Å². The highest BCUT2D eigenvalue weighted by atomic mass is 32.2. The fourth-order valence-electron chi connectivity index (χ4n) is 3.12. The van der Waals surface area contributed by atoms with Crippen LogP contribution in [0.25, 0.3) is 11.4 Å². The largest absolute Gasteiger partial charge is 0.444 e. The van der Waals surface area contributed by atoms with Crippen molar-refractivity contribution in [2.45, 2.75) is 56.7 Å². The van der Waals surface area contributed by atoms with Crippen LogP contribution in [0.3, 0.4) is 0 Å². The van der Waals surface area contributed by atoms with E-state index < -0.39 is 15.4 Å². The molecule has 2 heterocycles. The molecule has 1 aliphatic rings. The van der Waals surface area contributed by atoms with Gasteiger partial charge in [0.05, 0.1) is 11.4 Å². The Bertz CT molecular complexity index is 971. The predicted octanol–water partition coefficient (Wildman–Crippen LogP) is 2.63. The molecule has 1 aliphatic heterocycles. The molecule has 30 heavy (non-hydrogen) atoms. The molecule has 0 unspecified atom stereocenters. The van der Waals surface area contributed by atoms with E-state index >= 15 is 0 Å². The third kappa shape index (κ3) is 6.02. The Hall–Kier alpha value is -2.46. The van der Waals surface area contributed by atoms with E-state index in [1.807, 2.05) is 20.8 Å². The van der Waals surface area contributed by atoms with Gasteiger partial charge in [0.15, 0.2) is 9.84 Å². The maximum Gasteiger partial charge on any atom is 0.410 e. The van der Waals surface area contributed by atoms with Gasteiger partial charge in [0.2, 0.25) is 11.7 Å². The molecule has 2 aromatic rings. The van der Waals surface area contributed by atoms with Crippen LogP contribution in [-0.2, 0) is 21.1 Å². The van der Waals surface area contributed by atoms with E-state index in [-0.39, 0.29) is 17.0 Å². The maximum absolute atomic E-state index is 12.1. The van der Waals surface area contributed by atoms with Crippen molar-refractivity contribution in [2.75, 3.05) is 19.3 Å². The number of hydrogen-bond donors (Lipinski definition) is 1. The van der Waals surface area contributed by atoms with Gasteiger partial charge in [-0.2, -0.15) is 4.98 Å². The minimum Gasteiger partial charge on any atom is -0.444 e. The van der Waals surface area contributed by atoms with Crippen molar-refractivity contribution in [3.05, 3.63) is 30.2 Å². The van der Waals surface area contributed by atoms with E-state index in [1.54, 1.807) is 17.0 Å². The summed E-state index contributed by atoms with van der Waals surface area (Å²) in [6.07, 6.45) is 2.52. The highest BCUT2D eigenvalue weighted by Gasteiger charge is 2.26. The lowest BCUT2D eigenvalue weighted by atomic mass is 10.1. The van der Waals surface area contributed by atoms with E-state index in [0.717, 1.165) is 19.1 Å². The van der Waals surface area contributed by atoms with Gasteiger partial charge in [-0.3, -0.25) is 0 Å². The van der Waals surface area contributed by atoms with Crippen molar-refractivity contribution in [2.24, 2.45) is 0 Å². The second-order valence-electron chi connectivity index (χ2n) is 8.43. The number of carbonyl (C=O) groups excluding carboxylic acids is 1. The summed E-state index contributed by atoms with van der Waals surface area (Å²) in [6, 6.07) is 6.61. The number of sulfone groups is 1. The zero-order chi connectivity index (χ0) is 21.9. The number of hydrogen-bond acceptors (Lipinski definition) is 8. The second kappa shape index (κ2) is 8.73. The molecule has 10 heteroatoms. The van der Waals surface area contributed by atoms with Crippen molar-refractivity contribution < 1.29 is 22.5 Å². The Balaban J connectivity index is 1.49. The molecule has 0 atom stereocenters. The fraction of sp³-hybridized carbons (Fsp3) is 0.550. The lowest BCUT2D eigenvalue weighted by Crippen LogP contribution is -2.46. The van der Waals surface area contributed by atoms with Crippen LogP contribution in [0.4, 0.5) is 4.79 Å². The Morgan fingerprint density at radius 1 is 1.23 bits per heavy atom. The van der Waals surface area contributed by atoms with Crippen molar-refractivity contribution in [1.82, 2.24) is 20.4 Å². The van der Waals surface area contributed by atoms with E-state index in [0.29, 0.717) is 36.9 Å². The maximum atomic E-state index is 12.1. The first-order valence-corrected chi connectivity index (χ1v) is 11.7. The first-order valence-electron chi connectivity index (χ1n) is 9.86. The Morgan fingerprint density at radius 3 is 2.43 bits per heavy atom. The monoisotopic (exact) mass is 436 g/mol. The van der Waals surface area contributed by atoms with E-state index in [4.69, 9.17) is 9.26 Å². The van der Waals surface area contributed by atoms with Crippen LogP contribution >= 0.6 is 0 Å². The fourth-order valence-corrected chi connectivity index (χ4v) is 3.75. The van der Waals surface area contributed by atoms with Gasteiger partial charge in [0.25, 0.3) is 0 Å². The van der Waals surface area contributed by atoms with Crippen molar-refractivity contribution in [1.29, 1.82) is 0 Å². The number of nitrogens with one attached hydrogen (secondary N) is 1. The Morgan fingerprint density at radius 2 is 1.87 bits per heavy atom. The third-order valence-electron chi connectivity index (χ3n) is 4.70. The number of rotatable bonds is 5. The van der Waals surface area contributed by atoms with E-state index in [2.05, 4.69) is 15.5 Å². The number of benzene rings is 1. The SMILES string of the molecule is CC(C)(C)OC(=O)N1CCC(NCc2nc(-c3ccc(S(C)(=O)=O)cc3)no2)CC1. The van der Waals surface area contributed by atoms with Gasteiger partial charge in [0, 0.05) is 31.0 Å². The quantitative estimate of drug-likeness (QED) is 0.761. The van der Waals surface area contributed by atoms with Crippen LogP contribution in [0.1, 0.15) is 39.5 Å².